The standard InChI is InChI=1S/C11H11ClN2O2/c1-7-8(2)14(16)11(13(7)15)9-3-5-10(12)6-4-9/h3-6,15H,1-2H3. The fourth-order valence-electron chi connectivity index (χ4n) is 1.54. The molecule has 84 valence electrons. The molecule has 0 aliphatic carbocycles. The Bertz CT molecular complexity index is 506. The van der Waals surface area contributed by atoms with Crippen molar-refractivity contribution < 1.29 is 9.94 Å². The van der Waals surface area contributed by atoms with Crippen molar-refractivity contribution in [3.63, 3.8) is 0 Å². The summed E-state index contributed by atoms with van der Waals surface area (Å²) in [5.41, 5.74) is 1.63. The van der Waals surface area contributed by atoms with E-state index < -0.39 is 0 Å². The second-order valence-corrected chi connectivity index (χ2v) is 4.04. The zero-order chi connectivity index (χ0) is 11.9. The van der Waals surface area contributed by atoms with Gasteiger partial charge in [-0.2, -0.15) is 0 Å². The zero-order valence-electron chi connectivity index (χ0n) is 8.94. The first kappa shape index (κ1) is 10.8. The largest absolute Gasteiger partial charge is 0.710 e. The molecule has 0 fully saturated rings. The van der Waals surface area contributed by atoms with Gasteiger partial charge in [-0.05, 0) is 29.0 Å². The number of imidazole rings is 1. The third-order valence-electron chi connectivity index (χ3n) is 2.64. The molecule has 0 aliphatic rings. The van der Waals surface area contributed by atoms with Crippen molar-refractivity contribution in [3.8, 4) is 11.4 Å². The normalized spacial score (nSPS) is 10.7. The van der Waals surface area contributed by atoms with Crippen molar-refractivity contribution in [2.24, 2.45) is 0 Å². The molecule has 2 rings (SSSR count). The smallest absolute Gasteiger partial charge is 0.331 e. The summed E-state index contributed by atoms with van der Waals surface area (Å²) < 4.78 is 1.60. The predicted molar refractivity (Wildman–Crippen MR) is 60.5 cm³/mol. The van der Waals surface area contributed by atoms with Crippen LogP contribution >= 0.6 is 11.6 Å². The van der Waals surface area contributed by atoms with Gasteiger partial charge in [-0.25, -0.2) is 4.73 Å². The summed E-state index contributed by atoms with van der Waals surface area (Å²) in [5, 5.41) is 22.2. The van der Waals surface area contributed by atoms with E-state index in [4.69, 9.17) is 11.6 Å². The van der Waals surface area contributed by atoms with Crippen LogP contribution in [0.3, 0.4) is 0 Å². The molecule has 0 amide bonds. The molecule has 0 bridgehead atoms. The monoisotopic (exact) mass is 238 g/mol. The Morgan fingerprint density at radius 2 is 1.81 bits per heavy atom. The van der Waals surface area contributed by atoms with Crippen LogP contribution in [0, 0.1) is 19.1 Å². The molecule has 1 aromatic carbocycles. The maximum absolute atomic E-state index is 11.8. The van der Waals surface area contributed by atoms with E-state index in [-0.39, 0.29) is 5.82 Å². The van der Waals surface area contributed by atoms with Gasteiger partial charge in [0, 0.05) is 18.9 Å². The highest BCUT2D eigenvalue weighted by Gasteiger charge is 2.23. The number of aromatic nitrogens is 2. The molecule has 16 heavy (non-hydrogen) atoms. The van der Waals surface area contributed by atoms with E-state index in [1.807, 2.05) is 0 Å². The molecule has 5 heteroatoms. The molecule has 0 unspecified atom stereocenters. The summed E-state index contributed by atoms with van der Waals surface area (Å²) in [6, 6.07) is 6.73. The Labute approximate surface area is 97.9 Å². The second-order valence-electron chi connectivity index (χ2n) is 3.61. The second kappa shape index (κ2) is 3.72. The minimum atomic E-state index is 0.201. The summed E-state index contributed by atoms with van der Waals surface area (Å²) in [4.78, 5) is 0. The van der Waals surface area contributed by atoms with Gasteiger partial charge in [-0.3, -0.25) is 0 Å². The Kier molecular flexibility index (Phi) is 2.52. The summed E-state index contributed by atoms with van der Waals surface area (Å²) >= 11 is 5.76. The van der Waals surface area contributed by atoms with Gasteiger partial charge in [0.2, 0.25) is 0 Å². The molecule has 0 atom stereocenters. The number of rotatable bonds is 1. The average Bonchev–Trinajstić information content (AvgIpc) is 2.46. The SMILES string of the molecule is Cc1c(C)[n+]([O-])c(-c2ccc(Cl)cc2)n1O. The maximum Gasteiger partial charge on any atom is 0.331 e. The van der Waals surface area contributed by atoms with Crippen LogP contribution in [0.1, 0.15) is 11.4 Å². The Morgan fingerprint density at radius 3 is 2.25 bits per heavy atom. The molecule has 0 saturated carbocycles. The van der Waals surface area contributed by atoms with Crippen LogP contribution in [0.25, 0.3) is 11.4 Å². The fourth-order valence-corrected chi connectivity index (χ4v) is 1.67. The topological polar surface area (TPSA) is 52.1 Å². The van der Waals surface area contributed by atoms with E-state index in [0.717, 1.165) is 4.73 Å². The molecule has 1 N–H and O–H groups in total. The van der Waals surface area contributed by atoms with E-state index >= 15 is 0 Å². The van der Waals surface area contributed by atoms with Crippen molar-refractivity contribution in [2.45, 2.75) is 13.8 Å². The summed E-state index contributed by atoms with van der Waals surface area (Å²) in [6.45, 7) is 3.34. The summed E-state index contributed by atoms with van der Waals surface area (Å²) in [6.07, 6.45) is 0. The lowest BCUT2D eigenvalue weighted by Crippen LogP contribution is -2.30. The molecular weight excluding hydrogens is 228 g/mol. The fraction of sp³-hybridized carbons (Fsp3) is 0.182. The van der Waals surface area contributed by atoms with Gasteiger partial charge < -0.3 is 10.4 Å². The number of halogens is 1. The first-order valence-electron chi connectivity index (χ1n) is 4.79. The number of hydrogen-bond donors (Lipinski definition) is 1. The molecule has 0 radical (unpaired) electrons. The van der Waals surface area contributed by atoms with E-state index in [1.165, 1.54) is 0 Å². The van der Waals surface area contributed by atoms with E-state index in [0.29, 0.717) is 26.7 Å². The van der Waals surface area contributed by atoms with Gasteiger partial charge in [0.25, 0.3) is 0 Å². The van der Waals surface area contributed by atoms with Crippen molar-refractivity contribution in [3.05, 3.63) is 45.9 Å². The number of benzene rings is 1. The lowest BCUT2D eigenvalue weighted by molar-refractivity contribution is -0.600. The van der Waals surface area contributed by atoms with Gasteiger partial charge in [-0.15, -0.1) is 0 Å². The van der Waals surface area contributed by atoms with Crippen LogP contribution < -0.4 is 4.73 Å². The van der Waals surface area contributed by atoms with Crippen molar-refractivity contribution >= 4 is 11.6 Å². The average molecular weight is 239 g/mol. The van der Waals surface area contributed by atoms with Gasteiger partial charge >= 0.3 is 5.82 Å². The minimum absolute atomic E-state index is 0.201. The number of nitrogens with zero attached hydrogens (tertiary/aromatic N) is 2. The van der Waals surface area contributed by atoms with Crippen LogP contribution in [0.2, 0.25) is 5.02 Å². The van der Waals surface area contributed by atoms with Crippen molar-refractivity contribution in [1.82, 2.24) is 4.73 Å². The molecule has 0 aliphatic heterocycles. The lowest BCUT2D eigenvalue weighted by atomic mass is 10.2. The lowest BCUT2D eigenvalue weighted by Gasteiger charge is -2.03. The van der Waals surface area contributed by atoms with E-state index in [2.05, 4.69) is 0 Å². The third-order valence-corrected chi connectivity index (χ3v) is 2.89. The zero-order valence-corrected chi connectivity index (χ0v) is 9.69. The molecule has 4 nitrogen and oxygen atoms in total. The molecule has 0 saturated heterocycles. The van der Waals surface area contributed by atoms with Crippen LogP contribution in [0.15, 0.2) is 24.3 Å². The van der Waals surface area contributed by atoms with Crippen LogP contribution in [0.5, 0.6) is 0 Å². The van der Waals surface area contributed by atoms with Gasteiger partial charge in [0.05, 0.1) is 5.56 Å². The molecule has 1 aromatic heterocycles. The Hall–Kier alpha value is -1.68. The Morgan fingerprint density at radius 1 is 1.25 bits per heavy atom. The van der Waals surface area contributed by atoms with Crippen molar-refractivity contribution in [2.75, 3.05) is 0 Å². The summed E-state index contributed by atoms with van der Waals surface area (Å²) in [7, 11) is 0. The van der Waals surface area contributed by atoms with Gasteiger partial charge in [0.1, 0.15) is 5.69 Å². The maximum atomic E-state index is 11.8. The summed E-state index contributed by atoms with van der Waals surface area (Å²) in [5.74, 6) is 0.201. The molecule has 1 heterocycles. The minimum Gasteiger partial charge on any atom is -0.710 e. The highest BCUT2D eigenvalue weighted by molar-refractivity contribution is 6.30. The van der Waals surface area contributed by atoms with E-state index in [1.54, 1.807) is 38.1 Å². The first-order valence-corrected chi connectivity index (χ1v) is 5.17. The van der Waals surface area contributed by atoms with E-state index in [9.17, 15) is 10.4 Å². The van der Waals surface area contributed by atoms with Gasteiger partial charge in [0.15, 0.2) is 5.69 Å². The quantitative estimate of drug-likeness (QED) is 0.471. The highest BCUT2D eigenvalue weighted by Crippen LogP contribution is 2.20. The van der Waals surface area contributed by atoms with Crippen LogP contribution in [0.4, 0.5) is 0 Å². The highest BCUT2D eigenvalue weighted by atomic mass is 35.5. The predicted octanol–water partition coefficient (Wildman–Crippen LogP) is 2.30. The van der Waals surface area contributed by atoms with Crippen LogP contribution in [-0.2, 0) is 0 Å². The van der Waals surface area contributed by atoms with Gasteiger partial charge in [-0.1, -0.05) is 11.6 Å². The Balaban J connectivity index is 2.64. The number of hydrogen-bond acceptors (Lipinski definition) is 2. The molecule has 0 spiro atoms. The van der Waals surface area contributed by atoms with Crippen molar-refractivity contribution in [1.29, 1.82) is 0 Å². The molecular formula is C11H11ClN2O2. The third kappa shape index (κ3) is 1.51. The first-order chi connectivity index (χ1) is 7.52. The molecule has 2 aromatic rings. The van der Waals surface area contributed by atoms with Crippen LogP contribution in [-0.4, -0.2) is 9.94 Å².